The van der Waals surface area contributed by atoms with Crippen molar-refractivity contribution in [1.29, 1.82) is 0 Å². The first-order valence-electron chi connectivity index (χ1n) is 6.03. The van der Waals surface area contributed by atoms with Crippen molar-refractivity contribution in [2.24, 2.45) is 5.73 Å². The second kappa shape index (κ2) is 5.91. The van der Waals surface area contributed by atoms with Crippen LogP contribution in [0.4, 0.5) is 0 Å². The minimum absolute atomic E-state index is 0.0102. The highest BCUT2D eigenvalue weighted by Crippen LogP contribution is 2.34. The molecule has 4 nitrogen and oxygen atoms in total. The van der Waals surface area contributed by atoms with Gasteiger partial charge in [-0.25, -0.2) is 0 Å². The minimum atomic E-state index is -0.0102. The van der Waals surface area contributed by atoms with Gasteiger partial charge in [-0.2, -0.15) is 0 Å². The van der Waals surface area contributed by atoms with E-state index in [-0.39, 0.29) is 18.2 Å². The zero-order chi connectivity index (χ0) is 13.1. The zero-order valence-electron chi connectivity index (χ0n) is 10.6. The summed E-state index contributed by atoms with van der Waals surface area (Å²) < 4.78 is 17.5. The van der Waals surface area contributed by atoms with Gasteiger partial charge in [0, 0.05) is 19.1 Å². The van der Waals surface area contributed by atoms with Crippen LogP contribution in [0.25, 0.3) is 0 Å². The van der Waals surface area contributed by atoms with Crippen molar-refractivity contribution in [2.75, 3.05) is 13.7 Å². The molecule has 0 saturated heterocycles. The molecule has 1 aromatic carbocycles. The molecule has 2 rings (SSSR count). The average Bonchev–Trinajstić information content (AvgIpc) is 2.37. The molecule has 0 spiro atoms. The Morgan fingerprint density at radius 1 is 1.44 bits per heavy atom. The van der Waals surface area contributed by atoms with Gasteiger partial charge >= 0.3 is 0 Å². The van der Waals surface area contributed by atoms with E-state index < -0.39 is 0 Å². The molecule has 1 saturated carbocycles. The van der Waals surface area contributed by atoms with Crippen molar-refractivity contribution >= 4 is 15.9 Å². The quantitative estimate of drug-likeness (QED) is 0.906. The summed E-state index contributed by atoms with van der Waals surface area (Å²) in [6.45, 7) is 2.62. The van der Waals surface area contributed by atoms with Crippen LogP contribution in [-0.2, 0) is 4.74 Å². The minimum Gasteiger partial charge on any atom is -0.497 e. The Hall–Kier alpha value is -0.780. The summed E-state index contributed by atoms with van der Waals surface area (Å²) in [4.78, 5) is 0. The third-order valence-corrected chi connectivity index (χ3v) is 3.69. The van der Waals surface area contributed by atoms with E-state index in [1.807, 2.05) is 25.1 Å². The maximum Gasteiger partial charge on any atom is 0.134 e. The third-order valence-electron chi connectivity index (χ3n) is 3.07. The van der Waals surface area contributed by atoms with Crippen LogP contribution in [-0.4, -0.2) is 32.0 Å². The second-order valence-corrected chi connectivity index (χ2v) is 5.13. The maximum absolute atomic E-state index is 5.91. The first-order chi connectivity index (χ1) is 8.65. The normalized spacial score (nSPS) is 26.6. The summed E-state index contributed by atoms with van der Waals surface area (Å²) in [5.74, 6) is 1.58. The van der Waals surface area contributed by atoms with E-state index in [1.165, 1.54) is 0 Å². The standard InChI is InChI=1S/C13H18BrNO3/c1-3-17-13-10(15)7-12(13)18-11-5-4-8(16-2)6-9(11)14/h4-6,10,12-13H,3,7,15H2,1-2H3. The lowest BCUT2D eigenvalue weighted by Crippen LogP contribution is -2.59. The van der Waals surface area contributed by atoms with Gasteiger partial charge in [0.1, 0.15) is 23.7 Å². The van der Waals surface area contributed by atoms with E-state index in [0.29, 0.717) is 6.61 Å². The Morgan fingerprint density at radius 3 is 2.78 bits per heavy atom. The molecule has 0 aliphatic heterocycles. The Bertz CT molecular complexity index is 413. The summed E-state index contributed by atoms with van der Waals surface area (Å²) in [6.07, 6.45) is 0.844. The zero-order valence-corrected chi connectivity index (χ0v) is 12.1. The second-order valence-electron chi connectivity index (χ2n) is 4.27. The molecule has 0 amide bonds. The highest BCUT2D eigenvalue weighted by Gasteiger charge is 2.41. The molecule has 0 aromatic heterocycles. The predicted octanol–water partition coefficient (Wildman–Crippen LogP) is 2.34. The van der Waals surface area contributed by atoms with Gasteiger partial charge in [0.05, 0.1) is 11.6 Å². The lowest BCUT2D eigenvalue weighted by molar-refractivity contribution is -0.0947. The Morgan fingerprint density at radius 2 is 2.22 bits per heavy atom. The van der Waals surface area contributed by atoms with E-state index in [1.54, 1.807) is 7.11 Å². The Kier molecular flexibility index (Phi) is 4.48. The predicted molar refractivity (Wildman–Crippen MR) is 73.1 cm³/mol. The summed E-state index contributed by atoms with van der Waals surface area (Å²) in [5, 5.41) is 0. The molecule has 3 unspecified atom stereocenters. The number of halogens is 1. The van der Waals surface area contributed by atoms with Crippen molar-refractivity contribution in [3.05, 3.63) is 22.7 Å². The topological polar surface area (TPSA) is 53.7 Å². The van der Waals surface area contributed by atoms with Crippen molar-refractivity contribution in [3.63, 3.8) is 0 Å². The van der Waals surface area contributed by atoms with E-state index in [4.69, 9.17) is 19.9 Å². The Balaban J connectivity index is 2.01. The molecule has 2 N–H and O–H groups in total. The smallest absolute Gasteiger partial charge is 0.134 e. The summed E-state index contributed by atoms with van der Waals surface area (Å²) in [6, 6.07) is 5.71. The van der Waals surface area contributed by atoms with Gasteiger partial charge < -0.3 is 19.9 Å². The van der Waals surface area contributed by atoms with Gasteiger partial charge in [0.25, 0.3) is 0 Å². The average molecular weight is 316 g/mol. The SMILES string of the molecule is CCOC1C(N)CC1Oc1ccc(OC)cc1Br. The first-order valence-corrected chi connectivity index (χ1v) is 6.82. The monoisotopic (exact) mass is 315 g/mol. The Labute approximate surface area is 116 Å². The van der Waals surface area contributed by atoms with Crippen LogP contribution in [0.2, 0.25) is 0 Å². The number of hydrogen-bond acceptors (Lipinski definition) is 4. The molecule has 0 bridgehead atoms. The van der Waals surface area contributed by atoms with Crippen molar-refractivity contribution in [1.82, 2.24) is 0 Å². The highest BCUT2D eigenvalue weighted by atomic mass is 79.9. The molecule has 1 aliphatic carbocycles. The molecule has 1 fully saturated rings. The van der Waals surface area contributed by atoms with Crippen LogP contribution in [0.5, 0.6) is 11.5 Å². The van der Waals surface area contributed by atoms with Gasteiger partial charge in [-0.1, -0.05) is 0 Å². The molecule has 3 atom stereocenters. The van der Waals surface area contributed by atoms with Crippen LogP contribution in [0.3, 0.4) is 0 Å². The van der Waals surface area contributed by atoms with Crippen LogP contribution < -0.4 is 15.2 Å². The number of benzene rings is 1. The van der Waals surface area contributed by atoms with Crippen LogP contribution in [0.15, 0.2) is 22.7 Å². The molecule has 18 heavy (non-hydrogen) atoms. The van der Waals surface area contributed by atoms with E-state index in [9.17, 15) is 0 Å². The molecule has 1 aliphatic rings. The molecule has 0 heterocycles. The van der Waals surface area contributed by atoms with E-state index in [2.05, 4.69) is 15.9 Å². The maximum atomic E-state index is 5.91. The van der Waals surface area contributed by atoms with Crippen LogP contribution in [0.1, 0.15) is 13.3 Å². The molecule has 100 valence electrons. The summed E-state index contributed by atoms with van der Waals surface area (Å²) >= 11 is 3.47. The fraction of sp³-hybridized carbons (Fsp3) is 0.538. The fourth-order valence-electron chi connectivity index (χ4n) is 2.02. The van der Waals surface area contributed by atoms with Crippen LogP contribution >= 0.6 is 15.9 Å². The van der Waals surface area contributed by atoms with Crippen LogP contribution in [0, 0.1) is 0 Å². The van der Waals surface area contributed by atoms with Gasteiger partial charge in [-0.05, 0) is 41.1 Å². The molecular formula is C13H18BrNO3. The number of nitrogens with two attached hydrogens (primary N) is 1. The van der Waals surface area contributed by atoms with Gasteiger partial charge in [-0.15, -0.1) is 0 Å². The highest BCUT2D eigenvalue weighted by molar-refractivity contribution is 9.10. The van der Waals surface area contributed by atoms with Crippen molar-refractivity contribution < 1.29 is 14.2 Å². The number of ether oxygens (including phenoxy) is 3. The van der Waals surface area contributed by atoms with Gasteiger partial charge in [-0.3, -0.25) is 0 Å². The molecule has 1 aromatic rings. The first kappa shape index (κ1) is 13.6. The number of rotatable bonds is 5. The largest absolute Gasteiger partial charge is 0.497 e. The third kappa shape index (κ3) is 2.79. The van der Waals surface area contributed by atoms with E-state index >= 15 is 0 Å². The van der Waals surface area contributed by atoms with Gasteiger partial charge in [0.15, 0.2) is 0 Å². The lowest BCUT2D eigenvalue weighted by Gasteiger charge is -2.41. The number of methoxy groups -OCH3 is 1. The van der Waals surface area contributed by atoms with Crippen molar-refractivity contribution in [2.45, 2.75) is 31.6 Å². The van der Waals surface area contributed by atoms with Gasteiger partial charge in [0.2, 0.25) is 0 Å². The summed E-state index contributed by atoms with van der Waals surface area (Å²) in [7, 11) is 1.64. The number of hydrogen-bond donors (Lipinski definition) is 1. The van der Waals surface area contributed by atoms with Crippen molar-refractivity contribution in [3.8, 4) is 11.5 Å². The molecule has 0 radical (unpaired) electrons. The van der Waals surface area contributed by atoms with E-state index in [0.717, 1.165) is 22.4 Å². The molecular weight excluding hydrogens is 298 g/mol. The fourth-order valence-corrected chi connectivity index (χ4v) is 2.47. The summed E-state index contributed by atoms with van der Waals surface area (Å²) in [5.41, 5.74) is 5.90. The lowest BCUT2D eigenvalue weighted by atomic mass is 9.86. The molecule has 5 heteroatoms.